The van der Waals surface area contributed by atoms with Crippen molar-refractivity contribution in [1.29, 1.82) is 0 Å². The van der Waals surface area contributed by atoms with Gasteiger partial charge in [-0.25, -0.2) is 9.97 Å². The zero-order valence-corrected chi connectivity index (χ0v) is 16.4. The Morgan fingerprint density at radius 1 is 1.22 bits per heavy atom. The summed E-state index contributed by atoms with van der Waals surface area (Å²) in [6.45, 7) is 6.92. The van der Waals surface area contributed by atoms with Crippen molar-refractivity contribution in [2.75, 3.05) is 16.9 Å². The largest absolute Gasteiger partial charge is 0.312 e. The topological polar surface area (TPSA) is 70.5 Å². The van der Waals surface area contributed by atoms with Crippen LogP contribution >= 0.6 is 11.3 Å². The molecule has 1 fully saturated rings. The van der Waals surface area contributed by atoms with Gasteiger partial charge in [0.05, 0.1) is 11.1 Å². The van der Waals surface area contributed by atoms with E-state index in [4.69, 9.17) is 0 Å². The summed E-state index contributed by atoms with van der Waals surface area (Å²) < 4.78 is 0. The second-order valence-corrected chi connectivity index (χ2v) is 7.89. The van der Waals surface area contributed by atoms with Gasteiger partial charge in [-0.15, -0.1) is 11.3 Å². The molecule has 1 aliphatic heterocycles. The number of hydrogen-bond acceptors (Lipinski definition) is 6. The molecule has 0 spiro atoms. The Morgan fingerprint density at radius 2 is 2.00 bits per heavy atom. The van der Waals surface area contributed by atoms with Crippen molar-refractivity contribution in [2.45, 2.75) is 33.6 Å². The van der Waals surface area contributed by atoms with Gasteiger partial charge < -0.3 is 4.90 Å². The number of nitrogens with one attached hydrogen (secondary N) is 1. The number of fused-ring (bicyclic) bond motifs is 1. The molecule has 3 aromatic rings. The van der Waals surface area contributed by atoms with Crippen molar-refractivity contribution >= 4 is 44.7 Å². The number of hydrazone groups is 1. The quantitative estimate of drug-likeness (QED) is 0.543. The van der Waals surface area contributed by atoms with Crippen LogP contribution in [0.5, 0.6) is 0 Å². The van der Waals surface area contributed by atoms with E-state index in [0.717, 1.165) is 46.0 Å². The first kappa shape index (κ1) is 17.6. The number of thiophene rings is 1. The van der Waals surface area contributed by atoms with Gasteiger partial charge in [-0.1, -0.05) is 12.1 Å². The maximum absolute atomic E-state index is 11.9. The van der Waals surface area contributed by atoms with Crippen LogP contribution in [-0.4, -0.2) is 28.1 Å². The molecule has 0 atom stereocenters. The van der Waals surface area contributed by atoms with Crippen LogP contribution in [0.3, 0.4) is 0 Å². The molecule has 27 heavy (non-hydrogen) atoms. The number of benzene rings is 1. The van der Waals surface area contributed by atoms with E-state index in [1.807, 2.05) is 36.1 Å². The fourth-order valence-corrected chi connectivity index (χ4v) is 4.27. The van der Waals surface area contributed by atoms with E-state index in [-0.39, 0.29) is 5.91 Å². The lowest BCUT2D eigenvalue weighted by molar-refractivity contribution is -0.117. The lowest BCUT2D eigenvalue weighted by Crippen LogP contribution is -2.23. The van der Waals surface area contributed by atoms with Gasteiger partial charge in [0.2, 0.25) is 5.91 Å². The Labute approximate surface area is 162 Å². The Hall–Kier alpha value is -2.80. The number of aryl methyl sites for hydroxylation is 2. The van der Waals surface area contributed by atoms with Crippen LogP contribution in [0.25, 0.3) is 10.2 Å². The molecular formula is C20H21N5OS. The van der Waals surface area contributed by atoms with Crippen molar-refractivity contribution in [1.82, 2.24) is 9.97 Å². The number of amides is 1. The highest BCUT2D eigenvalue weighted by molar-refractivity contribution is 7.18. The normalized spacial score (nSPS) is 15.0. The molecule has 1 saturated heterocycles. The van der Waals surface area contributed by atoms with Crippen LogP contribution in [0.4, 0.5) is 11.5 Å². The van der Waals surface area contributed by atoms with Crippen LogP contribution < -0.4 is 10.3 Å². The molecule has 1 aliphatic rings. The molecule has 0 unspecified atom stereocenters. The van der Waals surface area contributed by atoms with Crippen LogP contribution in [0.1, 0.15) is 35.8 Å². The SMILES string of the molecule is C/C(=N/Nc1ncnc2sc(C)c(C)c12)c1ccc(N2CCCC2=O)cc1. The van der Waals surface area contributed by atoms with E-state index in [1.165, 1.54) is 10.4 Å². The molecule has 7 heteroatoms. The minimum Gasteiger partial charge on any atom is -0.312 e. The predicted molar refractivity (Wildman–Crippen MR) is 111 cm³/mol. The first-order chi connectivity index (χ1) is 13.0. The van der Waals surface area contributed by atoms with E-state index in [0.29, 0.717) is 6.42 Å². The minimum absolute atomic E-state index is 0.198. The van der Waals surface area contributed by atoms with Gasteiger partial charge >= 0.3 is 0 Å². The molecule has 2 aromatic heterocycles. The predicted octanol–water partition coefficient (Wildman–Crippen LogP) is 4.27. The summed E-state index contributed by atoms with van der Waals surface area (Å²) in [5, 5.41) is 5.54. The average molecular weight is 379 g/mol. The Balaban J connectivity index is 1.56. The maximum atomic E-state index is 11.9. The summed E-state index contributed by atoms with van der Waals surface area (Å²) in [6.07, 6.45) is 3.13. The van der Waals surface area contributed by atoms with Crippen LogP contribution in [-0.2, 0) is 4.79 Å². The standard InChI is InChI=1S/C20H21N5OS/c1-12-14(3)27-20-18(12)19(21-11-22-20)24-23-13(2)15-6-8-16(9-7-15)25-10-4-5-17(25)26/h6-9,11H,4-5,10H2,1-3H3,(H,21,22,24)/b23-13-. The van der Waals surface area contributed by atoms with Gasteiger partial charge in [0.1, 0.15) is 11.2 Å². The summed E-state index contributed by atoms with van der Waals surface area (Å²) in [7, 11) is 0. The van der Waals surface area contributed by atoms with E-state index in [9.17, 15) is 4.79 Å². The number of carbonyl (C=O) groups excluding carboxylic acids is 1. The van der Waals surface area contributed by atoms with E-state index in [1.54, 1.807) is 17.7 Å². The molecule has 0 radical (unpaired) electrons. The van der Waals surface area contributed by atoms with Crippen molar-refractivity contribution < 1.29 is 4.79 Å². The monoisotopic (exact) mass is 379 g/mol. The highest BCUT2D eigenvalue weighted by Gasteiger charge is 2.21. The first-order valence-electron chi connectivity index (χ1n) is 8.96. The molecule has 1 aromatic carbocycles. The highest BCUT2D eigenvalue weighted by atomic mass is 32.1. The van der Waals surface area contributed by atoms with Gasteiger partial charge in [-0.2, -0.15) is 5.10 Å². The van der Waals surface area contributed by atoms with Crippen LogP contribution in [0.2, 0.25) is 0 Å². The van der Waals surface area contributed by atoms with E-state index < -0.39 is 0 Å². The highest BCUT2D eigenvalue weighted by Crippen LogP contribution is 2.32. The molecule has 4 rings (SSSR count). The molecular weight excluding hydrogens is 358 g/mol. The van der Waals surface area contributed by atoms with Gasteiger partial charge in [0, 0.05) is 23.5 Å². The summed E-state index contributed by atoms with van der Waals surface area (Å²) in [6, 6.07) is 7.95. The maximum Gasteiger partial charge on any atom is 0.227 e. The summed E-state index contributed by atoms with van der Waals surface area (Å²) in [5.41, 5.74) is 7.08. The van der Waals surface area contributed by atoms with Gasteiger partial charge in [-0.3, -0.25) is 10.2 Å². The number of anilines is 2. The van der Waals surface area contributed by atoms with Crippen LogP contribution in [0.15, 0.2) is 35.7 Å². The Morgan fingerprint density at radius 3 is 2.70 bits per heavy atom. The van der Waals surface area contributed by atoms with Crippen molar-refractivity contribution in [2.24, 2.45) is 5.10 Å². The minimum atomic E-state index is 0.198. The lowest BCUT2D eigenvalue weighted by atomic mass is 10.1. The third-order valence-corrected chi connectivity index (χ3v) is 6.08. The fraction of sp³-hybridized carbons (Fsp3) is 0.300. The van der Waals surface area contributed by atoms with Crippen molar-refractivity contribution in [3.8, 4) is 0 Å². The third kappa shape index (κ3) is 3.30. The van der Waals surface area contributed by atoms with Gasteiger partial charge in [-0.05, 0) is 50.5 Å². The van der Waals surface area contributed by atoms with Crippen molar-refractivity contribution in [3.05, 3.63) is 46.6 Å². The summed E-state index contributed by atoms with van der Waals surface area (Å²) in [4.78, 5) is 24.6. The van der Waals surface area contributed by atoms with Gasteiger partial charge in [0.25, 0.3) is 0 Å². The first-order valence-corrected chi connectivity index (χ1v) is 9.78. The zero-order chi connectivity index (χ0) is 19.0. The molecule has 3 heterocycles. The Kier molecular flexibility index (Phi) is 4.61. The second kappa shape index (κ2) is 7.08. The van der Waals surface area contributed by atoms with Crippen molar-refractivity contribution in [3.63, 3.8) is 0 Å². The number of rotatable bonds is 4. The number of hydrogen-bond donors (Lipinski definition) is 1. The molecule has 0 bridgehead atoms. The third-order valence-electron chi connectivity index (χ3n) is 4.97. The number of carbonyl (C=O) groups is 1. The molecule has 0 saturated carbocycles. The van der Waals surface area contributed by atoms with E-state index >= 15 is 0 Å². The molecule has 0 aliphatic carbocycles. The smallest absolute Gasteiger partial charge is 0.227 e. The molecule has 1 N–H and O–H groups in total. The molecule has 6 nitrogen and oxygen atoms in total. The van der Waals surface area contributed by atoms with E-state index in [2.05, 4.69) is 34.3 Å². The molecule has 138 valence electrons. The van der Waals surface area contributed by atoms with Crippen LogP contribution in [0, 0.1) is 13.8 Å². The molecule has 1 amide bonds. The number of aromatic nitrogens is 2. The van der Waals surface area contributed by atoms with Gasteiger partial charge in [0.15, 0.2) is 5.82 Å². The zero-order valence-electron chi connectivity index (χ0n) is 15.6. The summed E-state index contributed by atoms with van der Waals surface area (Å²) >= 11 is 1.67. The summed E-state index contributed by atoms with van der Waals surface area (Å²) in [5.74, 6) is 0.921. The lowest BCUT2D eigenvalue weighted by Gasteiger charge is -2.15. The number of nitrogens with zero attached hydrogens (tertiary/aromatic N) is 4. The second-order valence-electron chi connectivity index (χ2n) is 6.69. The Bertz CT molecular complexity index is 1040. The fourth-order valence-electron chi connectivity index (χ4n) is 3.27. The average Bonchev–Trinajstić information content (AvgIpc) is 3.23.